The molecular weight excluding hydrogens is 455 g/mol. The number of nitrogens with zero attached hydrogens (tertiary/aromatic N) is 1. The smallest absolute Gasteiger partial charge is 0.137 e. The zero-order valence-corrected chi connectivity index (χ0v) is 23.4. The fourth-order valence-electron chi connectivity index (χ4n) is 3.92. The fourth-order valence-corrected chi connectivity index (χ4v) is 5.78. The van der Waals surface area contributed by atoms with Gasteiger partial charge < -0.3 is 5.09 Å². The molecule has 3 heteroatoms. The monoisotopic (exact) mass is 494 g/mol. The van der Waals surface area contributed by atoms with Crippen molar-refractivity contribution in [2.75, 3.05) is 0 Å². The molecule has 3 aromatic rings. The predicted octanol–water partition coefficient (Wildman–Crippen LogP) is 8.93. The molecule has 0 radical (unpaired) electrons. The van der Waals surface area contributed by atoms with E-state index in [0.29, 0.717) is 0 Å². The van der Waals surface area contributed by atoms with Gasteiger partial charge in [-0.1, -0.05) is 146 Å². The van der Waals surface area contributed by atoms with Crippen molar-refractivity contribution in [3.05, 3.63) is 132 Å². The molecule has 1 N–H and O–H groups in total. The lowest BCUT2D eigenvalue weighted by molar-refractivity contribution is 0.590. The number of aliphatic imine (C=N–C) groups is 1. The van der Waals surface area contributed by atoms with Gasteiger partial charge in [0, 0.05) is 10.9 Å². The molecule has 0 spiro atoms. The van der Waals surface area contributed by atoms with Crippen molar-refractivity contribution in [1.82, 2.24) is 5.09 Å². The Hall–Kier alpha value is -3.22. The molecule has 3 aromatic carbocycles. The van der Waals surface area contributed by atoms with E-state index in [-0.39, 0.29) is 10.8 Å². The van der Waals surface area contributed by atoms with Crippen LogP contribution in [-0.2, 0) is 10.8 Å². The first-order valence-electron chi connectivity index (χ1n) is 12.4. The van der Waals surface area contributed by atoms with Crippen LogP contribution in [0.3, 0.4) is 0 Å². The van der Waals surface area contributed by atoms with Crippen LogP contribution in [-0.4, -0.2) is 5.84 Å². The standard InChI is InChI=1S/C33H39N2P/c1-9-16-27(10-2)36(28-17-12-11-13-18-28)35-31(25-21-23-26(24-22-25)32(3,4)5)34-30-20-15-14-19-29(30)33(6,7)8/h9-24H,1-2H2,3-8H3,(H,34,35). The second-order valence-electron chi connectivity index (χ2n) is 10.9. The minimum atomic E-state index is -0.961. The van der Waals surface area contributed by atoms with Crippen LogP contribution >= 0.6 is 8.07 Å². The van der Waals surface area contributed by atoms with Gasteiger partial charge in [-0.2, -0.15) is 0 Å². The summed E-state index contributed by atoms with van der Waals surface area (Å²) in [6.45, 7) is 21.4. The van der Waals surface area contributed by atoms with E-state index < -0.39 is 8.07 Å². The summed E-state index contributed by atoms with van der Waals surface area (Å²) in [4.78, 5) is 5.26. The Labute approximate surface area is 219 Å². The summed E-state index contributed by atoms with van der Waals surface area (Å²) < 4.78 is 0. The van der Waals surface area contributed by atoms with Crippen molar-refractivity contribution in [1.29, 1.82) is 0 Å². The lowest BCUT2D eigenvalue weighted by Crippen LogP contribution is -2.25. The molecule has 186 valence electrons. The number of para-hydroxylation sites is 1. The molecular formula is C33H39N2P. The summed E-state index contributed by atoms with van der Waals surface area (Å²) in [6, 6.07) is 27.7. The molecule has 2 nitrogen and oxygen atoms in total. The lowest BCUT2D eigenvalue weighted by atomic mass is 9.86. The molecule has 0 fully saturated rings. The van der Waals surface area contributed by atoms with Crippen LogP contribution in [0.1, 0.15) is 58.2 Å². The van der Waals surface area contributed by atoms with E-state index in [9.17, 15) is 0 Å². The first-order valence-corrected chi connectivity index (χ1v) is 13.7. The summed E-state index contributed by atoms with van der Waals surface area (Å²) in [5.74, 6) is 0.846. The van der Waals surface area contributed by atoms with Gasteiger partial charge in [0.2, 0.25) is 0 Å². The molecule has 1 unspecified atom stereocenters. The number of hydrogen-bond acceptors (Lipinski definition) is 1. The Kier molecular flexibility index (Phi) is 8.88. The summed E-state index contributed by atoms with van der Waals surface area (Å²) in [5.41, 5.74) is 4.59. The van der Waals surface area contributed by atoms with E-state index in [1.165, 1.54) is 16.4 Å². The van der Waals surface area contributed by atoms with Crippen LogP contribution in [0.4, 0.5) is 5.69 Å². The summed E-state index contributed by atoms with van der Waals surface area (Å²) in [7, 11) is -0.961. The lowest BCUT2D eigenvalue weighted by Gasteiger charge is -2.25. The maximum Gasteiger partial charge on any atom is 0.137 e. The highest BCUT2D eigenvalue weighted by Crippen LogP contribution is 2.41. The second-order valence-corrected chi connectivity index (χ2v) is 12.8. The maximum atomic E-state index is 5.26. The van der Waals surface area contributed by atoms with Gasteiger partial charge in [-0.3, -0.25) is 0 Å². The van der Waals surface area contributed by atoms with Crippen LogP contribution in [0.15, 0.2) is 121 Å². The van der Waals surface area contributed by atoms with Crippen LogP contribution in [0, 0.1) is 0 Å². The first kappa shape index (κ1) is 27.4. The van der Waals surface area contributed by atoms with Gasteiger partial charge in [-0.15, -0.1) is 0 Å². The SMILES string of the molecule is C=CC=C(C=C)P(NC(=Nc1ccccc1C(C)(C)C)c1ccc(C(C)(C)C)cc1)c1ccccc1. The molecule has 0 aromatic heterocycles. The average molecular weight is 495 g/mol. The van der Waals surface area contributed by atoms with Crippen molar-refractivity contribution in [2.45, 2.75) is 52.4 Å². The Morgan fingerprint density at radius 1 is 0.778 bits per heavy atom. The third-order valence-corrected chi connectivity index (χ3v) is 8.05. The van der Waals surface area contributed by atoms with Gasteiger partial charge in [0.15, 0.2) is 0 Å². The number of allylic oxidation sites excluding steroid dienone is 4. The molecule has 0 heterocycles. The molecule has 0 saturated carbocycles. The first-order chi connectivity index (χ1) is 17.0. The van der Waals surface area contributed by atoms with Crippen molar-refractivity contribution in [2.24, 2.45) is 4.99 Å². The molecule has 0 bridgehead atoms. The molecule has 36 heavy (non-hydrogen) atoms. The van der Waals surface area contributed by atoms with E-state index in [1.54, 1.807) is 0 Å². The molecule has 0 aliphatic rings. The molecule has 0 aliphatic heterocycles. The minimum absolute atomic E-state index is 0.0273. The van der Waals surface area contributed by atoms with Crippen molar-refractivity contribution in [3.63, 3.8) is 0 Å². The van der Waals surface area contributed by atoms with E-state index in [2.05, 4.69) is 133 Å². The van der Waals surface area contributed by atoms with E-state index in [1.807, 2.05) is 24.3 Å². The van der Waals surface area contributed by atoms with Gasteiger partial charge in [0.05, 0.1) is 13.8 Å². The number of amidine groups is 1. The highest BCUT2D eigenvalue weighted by molar-refractivity contribution is 7.68. The van der Waals surface area contributed by atoms with Crippen molar-refractivity contribution >= 4 is 24.9 Å². The molecule has 1 atom stereocenters. The minimum Gasteiger partial charge on any atom is -0.341 e. The van der Waals surface area contributed by atoms with Crippen molar-refractivity contribution in [3.8, 4) is 0 Å². The summed E-state index contributed by atoms with van der Waals surface area (Å²) >= 11 is 0. The van der Waals surface area contributed by atoms with Gasteiger partial charge in [0.25, 0.3) is 0 Å². The second kappa shape index (κ2) is 11.7. The van der Waals surface area contributed by atoms with E-state index in [0.717, 1.165) is 22.4 Å². The summed E-state index contributed by atoms with van der Waals surface area (Å²) in [5, 5.41) is 6.13. The number of nitrogens with one attached hydrogen (secondary N) is 1. The quantitative estimate of drug-likeness (QED) is 0.151. The zero-order valence-electron chi connectivity index (χ0n) is 22.5. The predicted molar refractivity (Wildman–Crippen MR) is 161 cm³/mol. The van der Waals surface area contributed by atoms with Crippen LogP contribution < -0.4 is 10.4 Å². The van der Waals surface area contributed by atoms with E-state index in [4.69, 9.17) is 4.99 Å². The van der Waals surface area contributed by atoms with Crippen molar-refractivity contribution < 1.29 is 0 Å². The highest BCUT2D eigenvalue weighted by atomic mass is 31.1. The number of benzene rings is 3. The largest absolute Gasteiger partial charge is 0.341 e. The Morgan fingerprint density at radius 2 is 1.39 bits per heavy atom. The Bertz CT molecular complexity index is 1240. The zero-order chi connectivity index (χ0) is 26.3. The van der Waals surface area contributed by atoms with E-state index >= 15 is 0 Å². The highest BCUT2D eigenvalue weighted by Gasteiger charge is 2.21. The van der Waals surface area contributed by atoms with Gasteiger partial charge >= 0.3 is 0 Å². The van der Waals surface area contributed by atoms with Crippen LogP contribution in [0.5, 0.6) is 0 Å². The average Bonchev–Trinajstić information content (AvgIpc) is 2.85. The number of rotatable bonds is 7. The molecule has 0 amide bonds. The molecule has 3 rings (SSSR count). The fraction of sp³-hybridized carbons (Fsp3) is 0.242. The van der Waals surface area contributed by atoms with Crippen LogP contribution in [0.2, 0.25) is 0 Å². The Balaban J connectivity index is 2.20. The third-order valence-electron chi connectivity index (χ3n) is 5.96. The molecule has 0 saturated heterocycles. The van der Waals surface area contributed by atoms with Gasteiger partial charge in [-0.05, 0) is 33.3 Å². The van der Waals surface area contributed by atoms with Gasteiger partial charge in [0.1, 0.15) is 5.84 Å². The normalized spacial score (nSPS) is 13.7. The summed E-state index contributed by atoms with van der Waals surface area (Å²) in [6.07, 6.45) is 5.76. The molecule has 0 aliphatic carbocycles. The van der Waals surface area contributed by atoms with Gasteiger partial charge in [-0.25, -0.2) is 4.99 Å². The maximum absolute atomic E-state index is 5.26. The number of hydrogen-bond donors (Lipinski definition) is 1. The van der Waals surface area contributed by atoms with Crippen LogP contribution in [0.25, 0.3) is 0 Å². The topological polar surface area (TPSA) is 24.4 Å². The third kappa shape index (κ3) is 6.93. The Morgan fingerprint density at radius 3 is 1.94 bits per heavy atom.